The van der Waals surface area contributed by atoms with E-state index in [1.54, 1.807) is 0 Å². The van der Waals surface area contributed by atoms with Crippen LogP contribution in [0.15, 0.2) is 42.6 Å². The molecule has 0 atom stereocenters. The van der Waals surface area contributed by atoms with Crippen molar-refractivity contribution < 1.29 is 0 Å². The zero-order valence-electron chi connectivity index (χ0n) is 16.1. The summed E-state index contributed by atoms with van der Waals surface area (Å²) in [6.07, 6.45) is 4.18. The Bertz CT molecular complexity index is 880. The molecule has 1 aliphatic rings. The molecule has 3 aromatic rings. The third-order valence-electron chi connectivity index (χ3n) is 5.10. The molecule has 0 bridgehead atoms. The lowest BCUT2D eigenvalue weighted by Gasteiger charge is -2.24. The summed E-state index contributed by atoms with van der Waals surface area (Å²) >= 11 is 0. The van der Waals surface area contributed by atoms with Gasteiger partial charge in [0.1, 0.15) is 5.82 Å². The first-order chi connectivity index (χ1) is 13.2. The summed E-state index contributed by atoms with van der Waals surface area (Å²) in [6, 6.07) is 13.0. The molecule has 0 amide bonds. The molecule has 1 fully saturated rings. The molecule has 27 heavy (non-hydrogen) atoms. The summed E-state index contributed by atoms with van der Waals surface area (Å²) in [5.41, 5.74) is 4.26. The average molecular weight is 364 g/mol. The maximum Gasteiger partial charge on any atom is 0.177 e. The van der Waals surface area contributed by atoms with Gasteiger partial charge in [0.05, 0.1) is 17.6 Å². The van der Waals surface area contributed by atoms with E-state index in [9.17, 15) is 0 Å². The van der Waals surface area contributed by atoms with Gasteiger partial charge in [-0.25, -0.2) is 9.50 Å². The van der Waals surface area contributed by atoms with Crippen molar-refractivity contribution in [1.82, 2.24) is 19.9 Å². The van der Waals surface area contributed by atoms with Crippen molar-refractivity contribution in [2.24, 2.45) is 0 Å². The highest BCUT2D eigenvalue weighted by atomic mass is 15.3. The van der Waals surface area contributed by atoms with E-state index in [0.717, 1.165) is 55.3 Å². The highest BCUT2D eigenvalue weighted by Gasteiger charge is 2.17. The molecule has 1 aromatic carbocycles. The van der Waals surface area contributed by atoms with Crippen molar-refractivity contribution in [3.63, 3.8) is 0 Å². The predicted molar refractivity (Wildman–Crippen MR) is 110 cm³/mol. The Balaban J connectivity index is 1.64. The lowest BCUT2D eigenvalue weighted by molar-refractivity contribution is 0.477. The minimum Gasteiger partial charge on any atom is -0.378 e. The number of benzene rings is 1. The topological polar surface area (TPSA) is 66.3 Å². The molecule has 0 unspecified atom stereocenters. The van der Waals surface area contributed by atoms with E-state index < -0.39 is 0 Å². The summed E-state index contributed by atoms with van der Waals surface area (Å²) < 4.78 is 1.99. The molecule has 6 nitrogen and oxygen atoms in total. The van der Waals surface area contributed by atoms with Crippen LogP contribution in [0, 0.1) is 0 Å². The Morgan fingerprint density at radius 2 is 1.96 bits per heavy atom. The molecule has 3 N–H and O–H groups in total. The number of nitrogens with one attached hydrogen (secondary N) is 3. The van der Waals surface area contributed by atoms with Gasteiger partial charge in [-0.2, -0.15) is 0 Å². The van der Waals surface area contributed by atoms with E-state index in [-0.39, 0.29) is 0 Å². The number of imidazole rings is 1. The summed E-state index contributed by atoms with van der Waals surface area (Å²) in [5.74, 6) is 1.27. The standard InChI is InChI=1S/C21H28N6/c1-15(2)19-14-24-21-18(23-13-16-6-4-3-5-7-16)12-20(26-27(19)21)25-17-8-10-22-11-9-17/h3-7,12,14-15,17,22-23H,8-11,13H2,1-2H3,(H,25,26). The van der Waals surface area contributed by atoms with Gasteiger partial charge in [0, 0.05) is 18.7 Å². The van der Waals surface area contributed by atoms with Crippen LogP contribution in [-0.2, 0) is 6.54 Å². The second kappa shape index (κ2) is 7.96. The van der Waals surface area contributed by atoms with Gasteiger partial charge in [0.25, 0.3) is 0 Å². The van der Waals surface area contributed by atoms with Gasteiger partial charge in [-0.3, -0.25) is 0 Å². The van der Waals surface area contributed by atoms with Gasteiger partial charge in [0.15, 0.2) is 5.65 Å². The highest BCUT2D eigenvalue weighted by Crippen LogP contribution is 2.25. The number of rotatable bonds is 6. The molecule has 6 heteroatoms. The zero-order chi connectivity index (χ0) is 18.6. The number of anilines is 2. The molecular weight excluding hydrogens is 336 g/mol. The van der Waals surface area contributed by atoms with Gasteiger partial charge in [-0.1, -0.05) is 44.2 Å². The van der Waals surface area contributed by atoms with Crippen LogP contribution < -0.4 is 16.0 Å². The molecule has 2 aromatic heterocycles. The molecule has 1 aliphatic heterocycles. The fraction of sp³-hybridized carbons (Fsp3) is 0.429. The minimum atomic E-state index is 0.364. The molecule has 4 rings (SSSR count). The van der Waals surface area contributed by atoms with Crippen molar-refractivity contribution in [2.45, 2.75) is 45.2 Å². The minimum absolute atomic E-state index is 0.364. The maximum atomic E-state index is 4.85. The van der Waals surface area contributed by atoms with Crippen LogP contribution >= 0.6 is 0 Å². The Morgan fingerprint density at radius 1 is 1.19 bits per heavy atom. The number of piperidine rings is 1. The van der Waals surface area contributed by atoms with Gasteiger partial charge in [-0.15, -0.1) is 5.10 Å². The Morgan fingerprint density at radius 3 is 2.70 bits per heavy atom. The van der Waals surface area contributed by atoms with E-state index in [1.165, 1.54) is 5.56 Å². The van der Waals surface area contributed by atoms with Crippen molar-refractivity contribution in [3.05, 3.63) is 53.9 Å². The second-order valence-corrected chi connectivity index (χ2v) is 7.52. The molecule has 142 valence electrons. The molecule has 3 heterocycles. The van der Waals surface area contributed by atoms with E-state index in [0.29, 0.717) is 12.0 Å². The van der Waals surface area contributed by atoms with Gasteiger partial charge < -0.3 is 16.0 Å². The molecule has 0 aliphatic carbocycles. The second-order valence-electron chi connectivity index (χ2n) is 7.52. The summed E-state index contributed by atoms with van der Waals surface area (Å²) in [6.45, 7) is 7.23. The van der Waals surface area contributed by atoms with Crippen LogP contribution in [0.2, 0.25) is 0 Å². The van der Waals surface area contributed by atoms with Gasteiger partial charge in [-0.05, 0) is 37.4 Å². The van der Waals surface area contributed by atoms with Crippen molar-refractivity contribution in [3.8, 4) is 0 Å². The number of aromatic nitrogens is 3. The first kappa shape index (κ1) is 17.8. The van der Waals surface area contributed by atoms with Crippen LogP contribution in [0.1, 0.15) is 43.9 Å². The molecule has 1 saturated heterocycles. The smallest absolute Gasteiger partial charge is 0.177 e. The predicted octanol–water partition coefficient (Wildman–Crippen LogP) is 3.63. The Hall–Kier alpha value is -2.60. The van der Waals surface area contributed by atoms with Crippen LogP contribution in [0.25, 0.3) is 5.65 Å². The number of hydrogen-bond acceptors (Lipinski definition) is 5. The molecule has 0 saturated carbocycles. The van der Waals surface area contributed by atoms with Crippen molar-refractivity contribution >= 4 is 17.2 Å². The van der Waals surface area contributed by atoms with E-state index >= 15 is 0 Å². The maximum absolute atomic E-state index is 4.85. The Labute approximate surface area is 160 Å². The lowest BCUT2D eigenvalue weighted by atomic mass is 10.1. The number of hydrogen-bond donors (Lipinski definition) is 3. The monoisotopic (exact) mass is 364 g/mol. The molecule has 0 spiro atoms. The molecular formula is C21H28N6. The summed E-state index contributed by atoms with van der Waals surface area (Å²) in [7, 11) is 0. The highest BCUT2D eigenvalue weighted by molar-refractivity contribution is 5.71. The summed E-state index contributed by atoms with van der Waals surface area (Å²) in [4.78, 5) is 4.64. The van der Waals surface area contributed by atoms with Crippen molar-refractivity contribution in [1.29, 1.82) is 0 Å². The largest absolute Gasteiger partial charge is 0.378 e. The van der Waals surface area contributed by atoms with Gasteiger partial charge >= 0.3 is 0 Å². The quantitative estimate of drug-likeness (QED) is 0.623. The number of nitrogens with zero attached hydrogens (tertiary/aromatic N) is 3. The normalized spacial score (nSPS) is 15.4. The average Bonchev–Trinajstić information content (AvgIpc) is 3.12. The van der Waals surface area contributed by atoms with E-state index in [1.807, 2.05) is 16.8 Å². The number of fused-ring (bicyclic) bond motifs is 1. The first-order valence-electron chi connectivity index (χ1n) is 9.84. The Kier molecular flexibility index (Phi) is 5.25. The third kappa shape index (κ3) is 4.06. The SMILES string of the molecule is CC(C)c1cnc2c(NCc3ccccc3)cc(NC3CCNCC3)nn12. The van der Waals surface area contributed by atoms with Crippen LogP contribution in [-0.4, -0.2) is 33.7 Å². The van der Waals surface area contributed by atoms with Crippen LogP contribution in [0.5, 0.6) is 0 Å². The zero-order valence-corrected chi connectivity index (χ0v) is 16.1. The van der Waals surface area contributed by atoms with E-state index in [4.69, 9.17) is 5.10 Å². The fourth-order valence-electron chi connectivity index (χ4n) is 3.55. The molecule has 0 radical (unpaired) electrons. The van der Waals surface area contributed by atoms with Gasteiger partial charge in [0.2, 0.25) is 0 Å². The fourth-order valence-corrected chi connectivity index (χ4v) is 3.55. The van der Waals surface area contributed by atoms with E-state index in [2.05, 4.69) is 65.1 Å². The third-order valence-corrected chi connectivity index (χ3v) is 5.10. The summed E-state index contributed by atoms with van der Waals surface area (Å²) in [5, 5.41) is 15.4. The van der Waals surface area contributed by atoms with Crippen molar-refractivity contribution in [2.75, 3.05) is 23.7 Å². The van der Waals surface area contributed by atoms with Crippen LogP contribution in [0.4, 0.5) is 11.5 Å². The van der Waals surface area contributed by atoms with Crippen LogP contribution in [0.3, 0.4) is 0 Å². The first-order valence-corrected chi connectivity index (χ1v) is 9.84. The lowest BCUT2D eigenvalue weighted by Crippen LogP contribution is -2.35.